The van der Waals surface area contributed by atoms with Crippen LogP contribution in [0.1, 0.15) is 45.4 Å². The molecule has 1 aromatic heterocycles. The molecule has 2 heterocycles. The van der Waals surface area contributed by atoms with E-state index in [0.717, 1.165) is 19.5 Å². The van der Waals surface area contributed by atoms with Gasteiger partial charge in [-0.3, -0.25) is 4.90 Å². The number of rotatable bonds is 7. The maximum atomic E-state index is 4.44. The molecule has 0 radical (unpaired) electrons. The Kier molecular flexibility index (Phi) is 6.05. The Hall–Kier alpha value is -0.870. The summed E-state index contributed by atoms with van der Waals surface area (Å²) in [6.07, 6.45) is 10.3. The standard InChI is InChI=1S/C16H30N4/c1-4-9-17-14(2)15-7-5-6-11-20(15)12-8-16-18-10-13-19(16)3/h10,13-15,17H,4-9,11-12H2,1-3H3. The van der Waals surface area contributed by atoms with E-state index in [0.29, 0.717) is 12.1 Å². The zero-order chi connectivity index (χ0) is 14.4. The Morgan fingerprint density at radius 3 is 3.00 bits per heavy atom. The van der Waals surface area contributed by atoms with Crippen molar-refractivity contribution in [2.75, 3.05) is 19.6 Å². The van der Waals surface area contributed by atoms with Crippen LogP contribution in [0.5, 0.6) is 0 Å². The highest BCUT2D eigenvalue weighted by Gasteiger charge is 2.26. The predicted octanol–water partition coefficient (Wildman–Crippen LogP) is 2.21. The molecule has 1 aromatic rings. The predicted molar refractivity (Wildman–Crippen MR) is 83.9 cm³/mol. The van der Waals surface area contributed by atoms with Crippen LogP contribution < -0.4 is 5.32 Å². The second kappa shape index (κ2) is 7.79. The van der Waals surface area contributed by atoms with Crippen molar-refractivity contribution in [3.63, 3.8) is 0 Å². The fourth-order valence-electron chi connectivity index (χ4n) is 3.25. The summed E-state index contributed by atoms with van der Waals surface area (Å²) in [5, 5.41) is 3.67. The summed E-state index contributed by atoms with van der Waals surface area (Å²) in [6.45, 7) is 8.09. The Bertz CT molecular complexity index is 388. The highest BCUT2D eigenvalue weighted by Crippen LogP contribution is 2.20. The lowest BCUT2D eigenvalue weighted by Gasteiger charge is -2.39. The lowest BCUT2D eigenvalue weighted by Crippen LogP contribution is -2.51. The Morgan fingerprint density at radius 2 is 2.30 bits per heavy atom. The number of nitrogens with one attached hydrogen (secondary N) is 1. The molecule has 0 saturated carbocycles. The van der Waals surface area contributed by atoms with Crippen molar-refractivity contribution in [2.24, 2.45) is 7.05 Å². The second-order valence-corrected chi connectivity index (χ2v) is 6.05. The van der Waals surface area contributed by atoms with E-state index >= 15 is 0 Å². The van der Waals surface area contributed by atoms with E-state index in [2.05, 4.69) is 40.7 Å². The van der Waals surface area contributed by atoms with Crippen LogP contribution in [0, 0.1) is 0 Å². The van der Waals surface area contributed by atoms with E-state index in [-0.39, 0.29) is 0 Å². The summed E-state index contributed by atoms with van der Waals surface area (Å²) in [6, 6.07) is 1.28. The summed E-state index contributed by atoms with van der Waals surface area (Å²) in [7, 11) is 2.08. The molecule has 2 unspecified atom stereocenters. The van der Waals surface area contributed by atoms with E-state index in [1.54, 1.807) is 0 Å². The number of nitrogens with zero attached hydrogens (tertiary/aromatic N) is 3. The summed E-state index contributed by atoms with van der Waals surface area (Å²) in [5.74, 6) is 1.20. The van der Waals surface area contributed by atoms with Gasteiger partial charge in [0.2, 0.25) is 0 Å². The molecule has 1 saturated heterocycles. The van der Waals surface area contributed by atoms with Gasteiger partial charge in [-0.25, -0.2) is 4.98 Å². The molecule has 1 aliphatic heterocycles. The molecule has 2 rings (SSSR count). The molecule has 1 fully saturated rings. The lowest BCUT2D eigenvalue weighted by molar-refractivity contribution is 0.120. The summed E-state index contributed by atoms with van der Waals surface area (Å²) < 4.78 is 2.14. The van der Waals surface area contributed by atoms with Gasteiger partial charge in [-0.1, -0.05) is 13.3 Å². The highest BCUT2D eigenvalue weighted by molar-refractivity contribution is 4.93. The van der Waals surface area contributed by atoms with Gasteiger partial charge in [0.1, 0.15) is 5.82 Å². The zero-order valence-electron chi connectivity index (χ0n) is 13.3. The largest absolute Gasteiger partial charge is 0.338 e. The number of piperidine rings is 1. The van der Waals surface area contributed by atoms with Crippen molar-refractivity contribution in [3.8, 4) is 0 Å². The molecule has 0 aromatic carbocycles. The Morgan fingerprint density at radius 1 is 1.45 bits per heavy atom. The maximum absolute atomic E-state index is 4.44. The lowest BCUT2D eigenvalue weighted by atomic mass is 9.96. The summed E-state index contributed by atoms with van der Waals surface area (Å²) in [5.41, 5.74) is 0. The van der Waals surface area contributed by atoms with E-state index in [4.69, 9.17) is 0 Å². The van der Waals surface area contributed by atoms with Gasteiger partial charge in [0.25, 0.3) is 0 Å². The topological polar surface area (TPSA) is 33.1 Å². The monoisotopic (exact) mass is 278 g/mol. The second-order valence-electron chi connectivity index (χ2n) is 6.05. The van der Waals surface area contributed by atoms with Gasteiger partial charge < -0.3 is 9.88 Å². The van der Waals surface area contributed by atoms with Crippen molar-refractivity contribution in [1.29, 1.82) is 0 Å². The zero-order valence-corrected chi connectivity index (χ0v) is 13.3. The molecular weight excluding hydrogens is 248 g/mol. The summed E-state index contributed by atoms with van der Waals surface area (Å²) >= 11 is 0. The molecule has 0 aliphatic carbocycles. The first-order chi connectivity index (χ1) is 9.72. The van der Waals surface area contributed by atoms with Crippen molar-refractivity contribution < 1.29 is 0 Å². The number of hydrogen-bond donors (Lipinski definition) is 1. The van der Waals surface area contributed by atoms with Crippen LogP contribution in [0.4, 0.5) is 0 Å². The molecule has 4 nitrogen and oxygen atoms in total. The van der Waals surface area contributed by atoms with E-state index in [9.17, 15) is 0 Å². The number of hydrogen-bond acceptors (Lipinski definition) is 3. The molecule has 1 N–H and O–H groups in total. The van der Waals surface area contributed by atoms with Crippen LogP contribution in [0.15, 0.2) is 12.4 Å². The van der Waals surface area contributed by atoms with Crippen molar-refractivity contribution in [1.82, 2.24) is 19.8 Å². The third-order valence-corrected chi connectivity index (χ3v) is 4.50. The summed E-state index contributed by atoms with van der Waals surface area (Å²) in [4.78, 5) is 7.11. The van der Waals surface area contributed by atoms with Gasteiger partial charge in [0.15, 0.2) is 0 Å². The molecule has 2 atom stereocenters. The van der Waals surface area contributed by atoms with Crippen LogP contribution in [-0.4, -0.2) is 46.2 Å². The number of imidazole rings is 1. The van der Waals surface area contributed by atoms with Gasteiger partial charge in [-0.05, 0) is 39.3 Å². The first-order valence-corrected chi connectivity index (χ1v) is 8.16. The first-order valence-electron chi connectivity index (χ1n) is 8.16. The molecular formula is C16H30N4. The van der Waals surface area contributed by atoms with Gasteiger partial charge in [-0.2, -0.15) is 0 Å². The van der Waals surface area contributed by atoms with Crippen molar-refractivity contribution in [2.45, 2.75) is 58.0 Å². The average Bonchev–Trinajstić information content (AvgIpc) is 2.88. The SMILES string of the molecule is CCCNC(C)C1CCCCN1CCc1nccn1C. The molecule has 0 spiro atoms. The van der Waals surface area contributed by atoms with Crippen LogP contribution in [0.25, 0.3) is 0 Å². The minimum atomic E-state index is 0.594. The minimum Gasteiger partial charge on any atom is -0.338 e. The van der Waals surface area contributed by atoms with Crippen molar-refractivity contribution in [3.05, 3.63) is 18.2 Å². The molecule has 20 heavy (non-hydrogen) atoms. The van der Waals surface area contributed by atoms with Crippen LogP contribution >= 0.6 is 0 Å². The third kappa shape index (κ3) is 4.06. The average molecular weight is 278 g/mol. The molecule has 4 heteroatoms. The van der Waals surface area contributed by atoms with Gasteiger partial charge in [0.05, 0.1) is 0 Å². The van der Waals surface area contributed by atoms with E-state index in [1.165, 1.54) is 38.1 Å². The minimum absolute atomic E-state index is 0.594. The van der Waals surface area contributed by atoms with Gasteiger partial charge in [-0.15, -0.1) is 0 Å². The van der Waals surface area contributed by atoms with Gasteiger partial charge >= 0.3 is 0 Å². The molecule has 114 valence electrons. The molecule has 1 aliphatic rings. The molecule has 0 amide bonds. The Labute approximate surface area is 123 Å². The fourth-order valence-corrected chi connectivity index (χ4v) is 3.25. The molecule has 0 bridgehead atoms. The van der Waals surface area contributed by atoms with Crippen LogP contribution in [-0.2, 0) is 13.5 Å². The Balaban J connectivity index is 1.88. The fraction of sp³-hybridized carbons (Fsp3) is 0.812. The van der Waals surface area contributed by atoms with Gasteiger partial charge in [0, 0.05) is 44.5 Å². The quantitative estimate of drug-likeness (QED) is 0.830. The highest BCUT2D eigenvalue weighted by atomic mass is 15.2. The van der Waals surface area contributed by atoms with Crippen LogP contribution in [0.2, 0.25) is 0 Å². The van der Waals surface area contributed by atoms with Crippen molar-refractivity contribution >= 4 is 0 Å². The number of aromatic nitrogens is 2. The smallest absolute Gasteiger partial charge is 0.109 e. The number of aryl methyl sites for hydroxylation is 1. The first kappa shape index (κ1) is 15.5. The van der Waals surface area contributed by atoms with Crippen LogP contribution in [0.3, 0.4) is 0 Å². The normalized spacial score (nSPS) is 22.1. The third-order valence-electron chi connectivity index (χ3n) is 4.50. The van der Waals surface area contributed by atoms with E-state index < -0.39 is 0 Å². The number of likely N-dealkylation sites (tertiary alicyclic amines) is 1. The maximum Gasteiger partial charge on any atom is 0.109 e. The van der Waals surface area contributed by atoms with E-state index in [1.807, 2.05) is 12.4 Å².